The highest BCUT2D eigenvalue weighted by molar-refractivity contribution is 5.23. The van der Waals surface area contributed by atoms with Crippen molar-refractivity contribution in [3.05, 3.63) is 53.0 Å². The zero-order chi connectivity index (χ0) is 13.9. The van der Waals surface area contributed by atoms with E-state index in [0.29, 0.717) is 30.6 Å². The number of aryl methyl sites for hydroxylation is 2. The predicted molar refractivity (Wildman–Crippen MR) is 69.9 cm³/mol. The maximum Gasteiger partial charge on any atom is 0.239 e. The fourth-order valence-electron chi connectivity index (χ4n) is 1.83. The highest BCUT2D eigenvalue weighted by atomic mass is 16.4. The molecule has 0 aliphatic carbocycles. The summed E-state index contributed by atoms with van der Waals surface area (Å²) >= 11 is 0. The first-order valence-corrected chi connectivity index (χ1v) is 6.30. The van der Waals surface area contributed by atoms with Crippen molar-refractivity contribution < 1.29 is 4.42 Å². The first-order valence-electron chi connectivity index (χ1n) is 6.30. The quantitative estimate of drug-likeness (QED) is 0.711. The van der Waals surface area contributed by atoms with Gasteiger partial charge in [0.25, 0.3) is 0 Å². The molecule has 0 spiro atoms. The van der Waals surface area contributed by atoms with E-state index in [2.05, 4.69) is 56.8 Å². The SMILES string of the molecule is Cc1ccc(Cc2nnn(Cc3nnc(C)o3)n2)cc1. The second kappa shape index (κ2) is 5.20. The lowest BCUT2D eigenvalue weighted by atomic mass is 10.1. The van der Waals surface area contributed by atoms with Crippen molar-refractivity contribution >= 4 is 0 Å². The molecule has 0 saturated heterocycles. The highest BCUT2D eigenvalue weighted by Gasteiger charge is 2.08. The van der Waals surface area contributed by atoms with Crippen LogP contribution >= 0.6 is 0 Å². The molecule has 7 nitrogen and oxygen atoms in total. The normalized spacial score (nSPS) is 10.9. The van der Waals surface area contributed by atoms with Gasteiger partial charge >= 0.3 is 0 Å². The first kappa shape index (κ1) is 12.5. The van der Waals surface area contributed by atoms with Gasteiger partial charge in [-0.1, -0.05) is 29.8 Å². The minimum atomic E-state index is 0.335. The maximum atomic E-state index is 5.28. The molecule has 0 bridgehead atoms. The van der Waals surface area contributed by atoms with Gasteiger partial charge in [-0.25, -0.2) is 0 Å². The lowest BCUT2D eigenvalue weighted by Crippen LogP contribution is -2.04. The van der Waals surface area contributed by atoms with Gasteiger partial charge in [0.15, 0.2) is 5.82 Å². The Morgan fingerprint density at radius 3 is 2.55 bits per heavy atom. The molecule has 0 amide bonds. The van der Waals surface area contributed by atoms with E-state index in [-0.39, 0.29) is 0 Å². The predicted octanol–water partition coefficient (Wildman–Crippen LogP) is 1.31. The first-order chi connectivity index (χ1) is 9.69. The topological polar surface area (TPSA) is 82.5 Å². The average Bonchev–Trinajstić information content (AvgIpc) is 3.02. The molecule has 20 heavy (non-hydrogen) atoms. The Morgan fingerprint density at radius 2 is 1.85 bits per heavy atom. The smallest absolute Gasteiger partial charge is 0.239 e. The van der Waals surface area contributed by atoms with Crippen LogP contribution in [0.1, 0.15) is 28.7 Å². The molecular formula is C13H14N6O. The molecule has 3 aromatic rings. The lowest BCUT2D eigenvalue weighted by molar-refractivity contribution is 0.423. The molecule has 1 aromatic carbocycles. The average molecular weight is 270 g/mol. The van der Waals surface area contributed by atoms with Crippen molar-refractivity contribution in [3.8, 4) is 0 Å². The molecule has 3 rings (SSSR count). The van der Waals surface area contributed by atoms with E-state index in [1.165, 1.54) is 10.4 Å². The molecule has 2 heterocycles. The Morgan fingerprint density at radius 1 is 1.05 bits per heavy atom. The lowest BCUT2D eigenvalue weighted by Gasteiger charge is -1.97. The van der Waals surface area contributed by atoms with E-state index in [4.69, 9.17) is 4.42 Å². The van der Waals surface area contributed by atoms with Crippen molar-refractivity contribution in [2.24, 2.45) is 0 Å². The van der Waals surface area contributed by atoms with Crippen molar-refractivity contribution in [3.63, 3.8) is 0 Å². The third kappa shape index (κ3) is 2.87. The number of nitrogens with zero attached hydrogens (tertiary/aromatic N) is 6. The Bertz CT molecular complexity index is 700. The van der Waals surface area contributed by atoms with Gasteiger partial charge in [-0.05, 0) is 17.7 Å². The standard InChI is InChI=1S/C13H14N6O/c1-9-3-5-11(6-4-9)7-12-15-18-19(17-12)8-13-16-14-10(2)20-13/h3-6H,7-8H2,1-2H3. The second-order valence-corrected chi connectivity index (χ2v) is 4.61. The van der Waals surface area contributed by atoms with Crippen LogP contribution in [-0.2, 0) is 13.0 Å². The van der Waals surface area contributed by atoms with E-state index in [1.54, 1.807) is 6.92 Å². The third-order valence-electron chi connectivity index (χ3n) is 2.82. The number of hydrogen-bond acceptors (Lipinski definition) is 6. The van der Waals surface area contributed by atoms with Crippen LogP contribution < -0.4 is 0 Å². The van der Waals surface area contributed by atoms with Crippen molar-refractivity contribution in [1.82, 2.24) is 30.4 Å². The van der Waals surface area contributed by atoms with Gasteiger partial charge in [0.2, 0.25) is 11.8 Å². The summed E-state index contributed by atoms with van der Waals surface area (Å²) in [5.41, 5.74) is 2.39. The molecule has 0 aliphatic heterocycles. The molecule has 0 radical (unpaired) electrons. The summed E-state index contributed by atoms with van der Waals surface area (Å²) in [6.45, 7) is 4.14. The molecule has 0 unspecified atom stereocenters. The molecular weight excluding hydrogens is 256 g/mol. The third-order valence-corrected chi connectivity index (χ3v) is 2.82. The van der Waals surface area contributed by atoms with Gasteiger partial charge in [-0.15, -0.1) is 20.4 Å². The Hall–Kier alpha value is -2.57. The summed E-state index contributed by atoms with van der Waals surface area (Å²) < 4.78 is 5.28. The summed E-state index contributed by atoms with van der Waals surface area (Å²) in [5, 5.41) is 20.0. The zero-order valence-corrected chi connectivity index (χ0v) is 11.3. The van der Waals surface area contributed by atoms with Crippen LogP contribution in [0.2, 0.25) is 0 Å². The van der Waals surface area contributed by atoms with Gasteiger partial charge in [0.1, 0.15) is 6.54 Å². The van der Waals surface area contributed by atoms with Crippen molar-refractivity contribution in [2.45, 2.75) is 26.8 Å². The summed E-state index contributed by atoms with van der Waals surface area (Å²) in [5.74, 6) is 1.67. The monoisotopic (exact) mass is 270 g/mol. The van der Waals surface area contributed by atoms with E-state index in [9.17, 15) is 0 Å². The van der Waals surface area contributed by atoms with Crippen LogP contribution in [0.4, 0.5) is 0 Å². The maximum absolute atomic E-state index is 5.28. The van der Waals surface area contributed by atoms with Crippen molar-refractivity contribution in [1.29, 1.82) is 0 Å². The van der Waals surface area contributed by atoms with Crippen LogP contribution in [0, 0.1) is 13.8 Å². The summed E-state index contributed by atoms with van der Waals surface area (Å²) in [6.07, 6.45) is 0.656. The van der Waals surface area contributed by atoms with E-state index >= 15 is 0 Å². The van der Waals surface area contributed by atoms with E-state index in [1.807, 2.05) is 0 Å². The summed E-state index contributed by atoms with van der Waals surface area (Å²) in [7, 11) is 0. The minimum Gasteiger partial charge on any atom is -0.423 e. The van der Waals surface area contributed by atoms with Gasteiger partial charge in [-0.3, -0.25) is 0 Å². The van der Waals surface area contributed by atoms with E-state index in [0.717, 1.165) is 5.56 Å². The van der Waals surface area contributed by atoms with Crippen LogP contribution in [0.5, 0.6) is 0 Å². The van der Waals surface area contributed by atoms with Gasteiger partial charge in [0, 0.05) is 13.3 Å². The van der Waals surface area contributed by atoms with Gasteiger partial charge in [-0.2, -0.15) is 4.80 Å². The second-order valence-electron chi connectivity index (χ2n) is 4.61. The Labute approximate surface area is 115 Å². The number of hydrogen-bond donors (Lipinski definition) is 0. The molecule has 102 valence electrons. The van der Waals surface area contributed by atoms with Gasteiger partial charge in [0.05, 0.1) is 0 Å². The molecule has 0 fully saturated rings. The van der Waals surface area contributed by atoms with E-state index < -0.39 is 0 Å². The highest BCUT2D eigenvalue weighted by Crippen LogP contribution is 2.07. The molecule has 0 N–H and O–H groups in total. The van der Waals surface area contributed by atoms with Crippen LogP contribution in [-0.4, -0.2) is 30.4 Å². The fraction of sp³-hybridized carbons (Fsp3) is 0.308. The largest absolute Gasteiger partial charge is 0.423 e. The van der Waals surface area contributed by atoms with Crippen LogP contribution in [0.25, 0.3) is 0 Å². The van der Waals surface area contributed by atoms with Crippen LogP contribution in [0.15, 0.2) is 28.7 Å². The molecule has 2 aromatic heterocycles. The number of benzene rings is 1. The molecule has 0 atom stereocenters. The Balaban J connectivity index is 1.68. The summed E-state index contributed by atoms with van der Waals surface area (Å²) in [6, 6.07) is 8.27. The summed E-state index contributed by atoms with van der Waals surface area (Å²) in [4.78, 5) is 1.45. The molecule has 7 heteroatoms. The zero-order valence-electron chi connectivity index (χ0n) is 11.3. The number of aromatic nitrogens is 6. The van der Waals surface area contributed by atoms with Crippen LogP contribution in [0.3, 0.4) is 0 Å². The molecule has 0 saturated carbocycles. The Kier molecular flexibility index (Phi) is 3.24. The minimum absolute atomic E-state index is 0.335. The fourth-order valence-corrected chi connectivity index (χ4v) is 1.83. The molecule has 0 aliphatic rings. The van der Waals surface area contributed by atoms with Crippen molar-refractivity contribution in [2.75, 3.05) is 0 Å². The number of rotatable bonds is 4. The van der Waals surface area contributed by atoms with Gasteiger partial charge < -0.3 is 4.42 Å². The number of tetrazole rings is 1.